The third-order valence-electron chi connectivity index (χ3n) is 2.80. The molecule has 0 bridgehead atoms. The van der Waals surface area contributed by atoms with E-state index in [-0.39, 0.29) is 25.2 Å². The minimum absolute atomic E-state index is 0.0250. The van der Waals surface area contributed by atoms with Crippen LogP contribution in [0.25, 0.3) is 0 Å². The Labute approximate surface area is 118 Å². The van der Waals surface area contributed by atoms with Crippen LogP contribution in [-0.2, 0) is 11.3 Å². The molecule has 0 aromatic heterocycles. The second kappa shape index (κ2) is 6.38. The molecule has 0 unspecified atom stereocenters. The lowest BCUT2D eigenvalue weighted by atomic mass is 10.1. The number of halogens is 5. The Bertz CT molecular complexity index is 484. The van der Waals surface area contributed by atoms with Crippen molar-refractivity contribution in [1.82, 2.24) is 0 Å². The molecule has 2 N–H and O–H groups in total. The van der Waals surface area contributed by atoms with E-state index in [0.717, 1.165) is 0 Å². The highest BCUT2D eigenvalue weighted by atomic mass is 19.4. The number of nitrogens with two attached hydrogens (primary N) is 1. The molecular formula is C13H15F5N2O. The molecule has 3 nitrogen and oxygen atoms in total. The topological polar surface area (TPSA) is 46.3 Å². The van der Waals surface area contributed by atoms with Gasteiger partial charge in [0.05, 0.1) is 0 Å². The standard InChI is InChI=1S/C13H15F5N2O/c1-2-7-20(10-5-3-9(8-19)4-6-10)11(21)12(14,15)13(16,17)18/h3-6H,2,7-8,19H2,1H3. The summed E-state index contributed by atoms with van der Waals surface area (Å²) >= 11 is 0. The van der Waals surface area contributed by atoms with Gasteiger partial charge in [-0.2, -0.15) is 22.0 Å². The van der Waals surface area contributed by atoms with E-state index in [4.69, 9.17) is 5.73 Å². The van der Waals surface area contributed by atoms with E-state index in [1.54, 1.807) is 6.92 Å². The molecule has 0 saturated heterocycles. The second-order valence-corrected chi connectivity index (χ2v) is 4.40. The average Bonchev–Trinajstić information content (AvgIpc) is 2.43. The Kier molecular flexibility index (Phi) is 5.27. The quantitative estimate of drug-likeness (QED) is 0.850. The smallest absolute Gasteiger partial charge is 0.326 e. The summed E-state index contributed by atoms with van der Waals surface area (Å²) in [6.45, 7) is 1.52. The van der Waals surface area contributed by atoms with Crippen molar-refractivity contribution in [1.29, 1.82) is 0 Å². The van der Waals surface area contributed by atoms with Crippen molar-refractivity contribution in [2.75, 3.05) is 11.4 Å². The normalized spacial score (nSPS) is 12.3. The third-order valence-corrected chi connectivity index (χ3v) is 2.80. The first kappa shape index (κ1) is 17.4. The van der Waals surface area contributed by atoms with Gasteiger partial charge in [0.25, 0.3) is 0 Å². The van der Waals surface area contributed by atoms with E-state index in [9.17, 15) is 26.7 Å². The number of carbonyl (C=O) groups excluding carboxylic acids is 1. The summed E-state index contributed by atoms with van der Waals surface area (Å²) in [5, 5.41) is 0. The van der Waals surface area contributed by atoms with Crippen molar-refractivity contribution in [2.45, 2.75) is 32.0 Å². The van der Waals surface area contributed by atoms with Gasteiger partial charge in [0.1, 0.15) is 0 Å². The van der Waals surface area contributed by atoms with Crippen LogP contribution in [0.2, 0.25) is 0 Å². The fourth-order valence-corrected chi connectivity index (χ4v) is 1.67. The lowest BCUT2D eigenvalue weighted by Gasteiger charge is -2.28. The maximum Gasteiger partial charge on any atom is 0.463 e. The van der Waals surface area contributed by atoms with Gasteiger partial charge in [0, 0.05) is 18.8 Å². The molecule has 118 valence electrons. The van der Waals surface area contributed by atoms with Gasteiger partial charge in [-0.25, -0.2) is 0 Å². The molecule has 0 heterocycles. The molecule has 8 heteroatoms. The Morgan fingerprint density at radius 3 is 2.05 bits per heavy atom. The summed E-state index contributed by atoms with van der Waals surface area (Å²) in [5.41, 5.74) is 6.02. The molecule has 0 aliphatic rings. The zero-order valence-corrected chi connectivity index (χ0v) is 11.3. The molecule has 0 fully saturated rings. The number of nitrogens with zero attached hydrogens (tertiary/aromatic N) is 1. The fraction of sp³-hybridized carbons (Fsp3) is 0.462. The van der Waals surface area contributed by atoms with E-state index in [1.165, 1.54) is 24.3 Å². The summed E-state index contributed by atoms with van der Waals surface area (Å²) in [4.78, 5) is 12.0. The number of alkyl halides is 5. The molecule has 0 radical (unpaired) electrons. The van der Waals surface area contributed by atoms with Crippen molar-refractivity contribution < 1.29 is 26.7 Å². The summed E-state index contributed by atoms with van der Waals surface area (Å²) < 4.78 is 63.3. The minimum atomic E-state index is -5.92. The second-order valence-electron chi connectivity index (χ2n) is 4.40. The van der Waals surface area contributed by atoms with Gasteiger partial charge in [0.2, 0.25) is 0 Å². The average molecular weight is 310 g/mol. The predicted molar refractivity (Wildman–Crippen MR) is 68.0 cm³/mol. The van der Waals surface area contributed by atoms with Gasteiger partial charge in [-0.1, -0.05) is 19.1 Å². The lowest BCUT2D eigenvalue weighted by Crippen LogP contribution is -2.52. The SMILES string of the molecule is CCCN(C(=O)C(F)(F)C(F)(F)F)c1ccc(CN)cc1. The van der Waals surface area contributed by atoms with Crippen molar-refractivity contribution in [3.05, 3.63) is 29.8 Å². The van der Waals surface area contributed by atoms with Crippen molar-refractivity contribution in [2.24, 2.45) is 5.73 Å². The van der Waals surface area contributed by atoms with Gasteiger partial charge in [-0.15, -0.1) is 0 Å². The van der Waals surface area contributed by atoms with Crippen LogP contribution in [0.5, 0.6) is 0 Å². The minimum Gasteiger partial charge on any atom is -0.326 e. The number of carbonyl (C=O) groups is 1. The largest absolute Gasteiger partial charge is 0.463 e. The highest BCUT2D eigenvalue weighted by Gasteiger charge is 2.64. The zero-order chi connectivity index (χ0) is 16.3. The molecule has 0 spiro atoms. The molecule has 0 saturated carbocycles. The van der Waals surface area contributed by atoms with Crippen LogP contribution in [0.3, 0.4) is 0 Å². The Hall–Kier alpha value is -1.70. The van der Waals surface area contributed by atoms with Gasteiger partial charge < -0.3 is 10.6 Å². The maximum atomic E-state index is 13.2. The molecule has 0 atom stereocenters. The number of hydrogen-bond acceptors (Lipinski definition) is 2. The fourth-order valence-electron chi connectivity index (χ4n) is 1.67. The van der Waals surface area contributed by atoms with Crippen molar-refractivity contribution in [3.63, 3.8) is 0 Å². The predicted octanol–water partition coefficient (Wildman–Crippen LogP) is 3.09. The van der Waals surface area contributed by atoms with E-state index in [0.29, 0.717) is 10.5 Å². The molecule has 1 rings (SSSR count). The Morgan fingerprint density at radius 1 is 1.14 bits per heavy atom. The number of benzene rings is 1. The summed E-state index contributed by atoms with van der Waals surface area (Å²) in [6.07, 6.45) is -5.69. The zero-order valence-electron chi connectivity index (χ0n) is 11.3. The van der Waals surface area contributed by atoms with Crippen LogP contribution in [0.4, 0.5) is 27.6 Å². The highest BCUT2D eigenvalue weighted by molar-refractivity contribution is 5.98. The monoisotopic (exact) mass is 310 g/mol. The Balaban J connectivity index is 3.13. The molecule has 21 heavy (non-hydrogen) atoms. The summed E-state index contributed by atoms with van der Waals surface area (Å²) in [6, 6.07) is 5.53. The lowest BCUT2D eigenvalue weighted by molar-refractivity contribution is -0.268. The highest BCUT2D eigenvalue weighted by Crippen LogP contribution is 2.38. The van der Waals surface area contributed by atoms with Gasteiger partial charge in [0.15, 0.2) is 0 Å². The summed E-state index contributed by atoms with van der Waals surface area (Å²) in [5.74, 6) is -7.70. The molecule has 0 aliphatic heterocycles. The maximum absolute atomic E-state index is 13.2. The first-order chi connectivity index (χ1) is 9.65. The molecule has 1 aromatic rings. The van der Waals surface area contributed by atoms with Gasteiger partial charge in [-0.05, 0) is 24.1 Å². The number of hydrogen-bond donors (Lipinski definition) is 1. The number of anilines is 1. The summed E-state index contributed by atoms with van der Waals surface area (Å²) in [7, 11) is 0. The van der Waals surface area contributed by atoms with Crippen LogP contribution in [-0.4, -0.2) is 24.6 Å². The van der Waals surface area contributed by atoms with E-state index in [2.05, 4.69) is 0 Å². The molecule has 1 amide bonds. The molecule has 0 aliphatic carbocycles. The van der Waals surface area contributed by atoms with Crippen molar-refractivity contribution >= 4 is 11.6 Å². The van der Waals surface area contributed by atoms with Crippen LogP contribution >= 0.6 is 0 Å². The van der Waals surface area contributed by atoms with Crippen LogP contribution in [0, 0.1) is 0 Å². The van der Waals surface area contributed by atoms with Crippen LogP contribution < -0.4 is 10.6 Å². The van der Waals surface area contributed by atoms with E-state index in [1.807, 2.05) is 0 Å². The number of rotatable bonds is 5. The Morgan fingerprint density at radius 2 is 1.67 bits per heavy atom. The number of amides is 1. The van der Waals surface area contributed by atoms with Gasteiger partial charge >= 0.3 is 18.0 Å². The van der Waals surface area contributed by atoms with Crippen LogP contribution in [0.1, 0.15) is 18.9 Å². The van der Waals surface area contributed by atoms with Crippen molar-refractivity contribution in [3.8, 4) is 0 Å². The molecule has 1 aromatic carbocycles. The first-order valence-corrected chi connectivity index (χ1v) is 6.20. The van der Waals surface area contributed by atoms with Crippen LogP contribution in [0.15, 0.2) is 24.3 Å². The third kappa shape index (κ3) is 3.69. The van der Waals surface area contributed by atoms with E-state index >= 15 is 0 Å². The van der Waals surface area contributed by atoms with Gasteiger partial charge in [-0.3, -0.25) is 4.79 Å². The first-order valence-electron chi connectivity index (χ1n) is 6.20. The molecular weight excluding hydrogens is 295 g/mol. The van der Waals surface area contributed by atoms with E-state index < -0.39 is 18.0 Å².